The number of benzene rings is 2. The second-order valence-electron chi connectivity index (χ2n) is 5.40. The summed E-state index contributed by atoms with van der Waals surface area (Å²) in [7, 11) is 0. The van der Waals surface area contributed by atoms with Gasteiger partial charge in [0, 0.05) is 6.20 Å². The van der Waals surface area contributed by atoms with Crippen LogP contribution in [-0.4, -0.2) is 17.1 Å². The molecule has 0 fully saturated rings. The second kappa shape index (κ2) is 8.53. The number of nitrogens with zero attached hydrogens (tertiary/aromatic N) is 2. The normalized spacial score (nSPS) is 10.7. The van der Waals surface area contributed by atoms with Gasteiger partial charge >= 0.3 is 0 Å². The highest BCUT2D eigenvalue weighted by molar-refractivity contribution is 5.93. The van der Waals surface area contributed by atoms with Gasteiger partial charge in [0.1, 0.15) is 23.9 Å². The van der Waals surface area contributed by atoms with Gasteiger partial charge in [-0.25, -0.2) is 9.82 Å². The summed E-state index contributed by atoms with van der Waals surface area (Å²) in [5.41, 5.74) is 4.41. The number of carbonyl (C=O) groups is 1. The molecule has 1 amide bonds. The molecular formula is C20H16FN3O2. The quantitative estimate of drug-likeness (QED) is 0.547. The molecule has 6 heteroatoms. The highest BCUT2D eigenvalue weighted by Gasteiger charge is 2.03. The lowest BCUT2D eigenvalue weighted by molar-refractivity contribution is 0.0950. The molecule has 0 saturated carbocycles. The highest BCUT2D eigenvalue weighted by atomic mass is 19.1. The largest absolute Gasteiger partial charge is 0.489 e. The Balaban J connectivity index is 1.51. The molecule has 130 valence electrons. The maximum atomic E-state index is 12.9. The lowest BCUT2D eigenvalue weighted by Gasteiger charge is -2.06. The third-order valence-electron chi connectivity index (χ3n) is 3.48. The molecule has 0 unspecified atom stereocenters. The number of carbonyl (C=O) groups excluding carboxylic acids is 1. The fraction of sp³-hybridized carbons (Fsp3) is 0.0500. The molecule has 1 aromatic heterocycles. The molecule has 0 bridgehead atoms. The molecule has 26 heavy (non-hydrogen) atoms. The van der Waals surface area contributed by atoms with Gasteiger partial charge in [-0.05, 0) is 59.7 Å². The fourth-order valence-corrected chi connectivity index (χ4v) is 2.12. The predicted octanol–water partition coefficient (Wildman–Crippen LogP) is 3.56. The van der Waals surface area contributed by atoms with Crippen molar-refractivity contribution in [1.82, 2.24) is 10.4 Å². The van der Waals surface area contributed by atoms with Crippen LogP contribution in [0.5, 0.6) is 5.75 Å². The van der Waals surface area contributed by atoms with Gasteiger partial charge in [-0.1, -0.05) is 18.2 Å². The molecular weight excluding hydrogens is 333 g/mol. The number of halogens is 1. The van der Waals surface area contributed by atoms with Crippen LogP contribution >= 0.6 is 0 Å². The Morgan fingerprint density at radius 3 is 2.54 bits per heavy atom. The summed E-state index contributed by atoms with van der Waals surface area (Å²) < 4.78 is 18.5. The monoisotopic (exact) mass is 349 g/mol. The van der Waals surface area contributed by atoms with Crippen LogP contribution in [0.1, 0.15) is 21.6 Å². The van der Waals surface area contributed by atoms with Crippen molar-refractivity contribution in [3.05, 3.63) is 95.6 Å². The molecule has 0 saturated heterocycles. The van der Waals surface area contributed by atoms with Crippen LogP contribution in [0.25, 0.3) is 0 Å². The fourth-order valence-electron chi connectivity index (χ4n) is 2.12. The third-order valence-corrected chi connectivity index (χ3v) is 3.48. The van der Waals surface area contributed by atoms with Crippen molar-refractivity contribution in [2.75, 3.05) is 0 Å². The number of rotatable bonds is 6. The van der Waals surface area contributed by atoms with Crippen LogP contribution in [0.4, 0.5) is 4.39 Å². The molecule has 0 aliphatic rings. The lowest BCUT2D eigenvalue weighted by Crippen LogP contribution is -2.18. The van der Waals surface area contributed by atoms with Crippen molar-refractivity contribution in [1.29, 1.82) is 0 Å². The molecule has 3 rings (SSSR count). The van der Waals surface area contributed by atoms with Gasteiger partial charge in [0.2, 0.25) is 0 Å². The smallest absolute Gasteiger partial charge is 0.289 e. The van der Waals surface area contributed by atoms with Crippen molar-refractivity contribution in [3.8, 4) is 5.75 Å². The highest BCUT2D eigenvalue weighted by Crippen LogP contribution is 2.14. The molecule has 0 atom stereocenters. The molecule has 0 spiro atoms. The molecule has 1 N–H and O–H groups in total. The van der Waals surface area contributed by atoms with Gasteiger partial charge in [-0.3, -0.25) is 9.78 Å². The maximum Gasteiger partial charge on any atom is 0.289 e. The molecule has 2 aromatic carbocycles. The van der Waals surface area contributed by atoms with E-state index in [1.165, 1.54) is 18.3 Å². The van der Waals surface area contributed by atoms with Gasteiger partial charge in [0.25, 0.3) is 5.91 Å². The summed E-state index contributed by atoms with van der Waals surface area (Å²) >= 11 is 0. The van der Waals surface area contributed by atoms with Crippen molar-refractivity contribution in [2.24, 2.45) is 5.10 Å². The van der Waals surface area contributed by atoms with E-state index in [0.29, 0.717) is 18.1 Å². The van der Waals surface area contributed by atoms with Crippen molar-refractivity contribution in [3.63, 3.8) is 0 Å². The van der Waals surface area contributed by atoms with E-state index in [0.717, 1.165) is 11.1 Å². The standard InChI is InChI=1S/C20H16FN3O2/c21-17-8-4-16(5-9-17)14-26-18-10-6-15(7-11-18)13-23-24-20(25)19-3-1-2-12-22-19/h1-13H,14H2,(H,24,25)/b23-13-. The number of ether oxygens (including phenoxy) is 1. The van der Waals surface area contributed by atoms with Gasteiger partial charge < -0.3 is 4.74 Å². The van der Waals surface area contributed by atoms with Crippen molar-refractivity contribution in [2.45, 2.75) is 6.61 Å². The van der Waals surface area contributed by atoms with E-state index in [4.69, 9.17) is 4.74 Å². The van der Waals surface area contributed by atoms with E-state index >= 15 is 0 Å². The number of nitrogens with one attached hydrogen (secondary N) is 1. The molecule has 1 heterocycles. The zero-order valence-electron chi connectivity index (χ0n) is 13.8. The summed E-state index contributed by atoms with van der Waals surface area (Å²) in [5.74, 6) is 0.0395. The average Bonchev–Trinajstić information content (AvgIpc) is 2.69. The Morgan fingerprint density at radius 2 is 1.85 bits per heavy atom. The zero-order chi connectivity index (χ0) is 18.2. The third kappa shape index (κ3) is 4.98. The summed E-state index contributed by atoms with van der Waals surface area (Å²) in [6, 6.07) is 18.5. The summed E-state index contributed by atoms with van der Waals surface area (Å²) in [5, 5.41) is 3.91. The van der Waals surface area contributed by atoms with E-state index in [9.17, 15) is 9.18 Å². The number of pyridine rings is 1. The zero-order valence-corrected chi connectivity index (χ0v) is 13.8. The van der Waals surface area contributed by atoms with Gasteiger partial charge in [-0.2, -0.15) is 5.10 Å². The van der Waals surface area contributed by atoms with Crippen LogP contribution in [-0.2, 0) is 6.61 Å². The molecule has 0 aliphatic carbocycles. The number of hydrogen-bond acceptors (Lipinski definition) is 4. The van der Waals surface area contributed by atoms with Crippen LogP contribution in [0.15, 0.2) is 78.0 Å². The number of aromatic nitrogens is 1. The summed E-state index contributed by atoms with van der Waals surface area (Å²) in [4.78, 5) is 15.7. The minimum absolute atomic E-state index is 0.271. The Morgan fingerprint density at radius 1 is 1.08 bits per heavy atom. The number of hydrogen-bond donors (Lipinski definition) is 1. The van der Waals surface area contributed by atoms with Crippen LogP contribution in [0, 0.1) is 5.82 Å². The van der Waals surface area contributed by atoms with Crippen LogP contribution < -0.4 is 10.2 Å². The molecule has 3 aromatic rings. The summed E-state index contributed by atoms with van der Waals surface area (Å²) in [6.45, 7) is 0.355. The van der Waals surface area contributed by atoms with Crippen LogP contribution in [0.2, 0.25) is 0 Å². The first kappa shape index (κ1) is 17.3. The average molecular weight is 349 g/mol. The lowest BCUT2D eigenvalue weighted by atomic mass is 10.2. The Labute approximate surface area is 150 Å². The Bertz CT molecular complexity index is 879. The van der Waals surface area contributed by atoms with E-state index in [1.807, 2.05) is 12.1 Å². The van der Waals surface area contributed by atoms with Gasteiger partial charge in [0.15, 0.2) is 0 Å². The molecule has 0 aliphatic heterocycles. The van der Waals surface area contributed by atoms with Gasteiger partial charge in [0.05, 0.1) is 6.21 Å². The van der Waals surface area contributed by atoms with E-state index in [2.05, 4.69) is 15.5 Å². The topological polar surface area (TPSA) is 63.6 Å². The Kier molecular flexibility index (Phi) is 5.67. The Hall–Kier alpha value is -3.54. The minimum atomic E-state index is -0.374. The number of hydrazone groups is 1. The van der Waals surface area contributed by atoms with Gasteiger partial charge in [-0.15, -0.1) is 0 Å². The van der Waals surface area contributed by atoms with E-state index < -0.39 is 0 Å². The van der Waals surface area contributed by atoms with Crippen molar-refractivity contribution < 1.29 is 13.9 Å². The minimum Gasteiger partial charge on any atom is -0.489 e. The van der Waals surface area contributed by atoms with Crippen LogP contribution in [0.3, 0.4) is 0 Å². The SMILES string of the molecule is O=C(N/N=C\c1ccc(OCc2ccc(F)cc2)cc1)c1ccccn1. The molecule has 0 radical (unpaired) electrons. The number of amides is 1. The first-order chi connectivity index (χ1) is 12.7. The molecule has 5 nitrogen and oxygen atoms in total. The first-order valence-electron chi connectivity index (χ1n) is 7.92. The summed E-state index contributed by atoms with van der Waals surface area (Å²) in [6.07, 6.45) is 3.08. The predicted molar refractivity (Wildman–Crippen MR) is 96.5 cm³/mol. The van der Waals surface area contributed by atoms with Crippen molar-refractivity contribution >= 4 is 12.1 Å². The maximum absolute atomic E-state index is 12.9. The van der Waals surface area contributed by atoms with E-state index in [-0.39, 0.29) is 11.7 Å². The first-order valence-corrected chi connectivity index (χ1v) is 7.92. The van der Waals surface area contributed by atoms with E-state index in [1.54, 1.807) is 48.7 Å². The second-order valence-corrected chi connectivity index (χ2v) is 5.40.